The lowest BCUT2D eigenvalue weighted by atomic mass is 9.80. The molecule has 0 aliphatic carbocycles. The topological polar surface area (TPSA) is 86.7 Å². The number of nitrogens with zero attached hydrogens (tertiary/aromatic N) is 2. The summed E-state index contributed by atoms with van der Waals surface area (Å²) in [5.41, 5.74) is 8.43. The summed E-state index contributed by atoms with van der Waals surface area (Å²) in [5.74, 6) is 1.74. The second kappa shape index (κ2) is 8.16. The van der Waals surface area contributed by atoms with Gasteiger partial charge in [-0.1, -0.05) is 12.1 Å². The van der Waals surface area contributed by atoms with E-state index in [9.17, 15) is 9.90 Å². The molecule has 0 spiro atoms. The molecule has 148 valence electrons. The number of hydrazine groups is 1. The van der Waals surface area contributed by atoms with E-state index in [0.29, 0.717) is 23.6 Å². The summed E-state index contributed by atoms with van der Waals surface area (Å²) < 4.78 is 5.38. The molecule has 7 heteroatoms. The van der Waals surface area contributed by atoms with Gasteiger partial charge in [-0.05, 0) is 48.6 Å². The Hall–Kier alpha value is -2.64. The van der Waals surface area contributed by atoms with Gasteiger partial charge in [0.15, 0.2) is 0 Å². The third-order valence-electron chi connectivity index (χ3n) is 5.85. The van der Waals surface area contributed by atoms with E-state index in [1.807, 2.05) is 17.0 Å². The molecular weight excluding hydrogens is 356 g/mol. The van der Waals surface area contributed by atoms with Crippen LogP contribution in [0.3, 0.4) is 0 Å². The van der Waals surface area contributed by atoms with Crippen LogP contribution >= 0.6 is 0 Å². The Kier molecular flexibility index (Phi) is 5.45. The summed E-state index contributed by atoms with van der Waals surface area (Å²) in [7, 11) is 1.69. The molecule has 0 bridgehead atoms. The van der Waals surface area contributed by atoms with Gasteiger partial charge in [-0.3, -0.25) is 15.6 Å². The lowest BCUT2D eigenvalue weighted by molar-refractivity contribution is 0.0664. The maximum Gasteiger partial charge on any atom is 0.272 e. The van der Waals surface area contributed by atoms with Gasteiger partial charge in [0.2, 0.25) is 0 Å². The van der Waals surface area contributed by atoms with E-state index in [0.717, 1.165) is 38.2 Å². The molecule has 2 aromatic rings. The van der Waals surface area contributed by atoms with Crippen LogP contribution in [-0.2, 0) is 0 Å². The molecule has 0 saturated carbocycles. The highest BCUT2D eigenvalue weighted by molar-refractivity contribution is 5.92. The average Bonchev–Trinajstić information content (AvgIpc) is 3.24. The summed E-state index contributed by atoms with van der Waals surface area (Å²) in [5, 5.41) is 9.35. The molecule has 2 aliphatic rings. The zero-order chi connectivity index (χ0) is 19.5. The number of piperidine rings is 1. The van der Waals surface area contributed by atoms with Gasteiger partial charge in [0, 0.05) is 31.6 Å². The van der Waals surface area contributed by atoms with Crippen molar-refractivity contribution in [3.63, 3.8) is 0 Å². The van der Waals surface area contributed by atoms with Crippen molar-refractivity contribution >= 4 is 5.91 Å². The Bertz CT molecular complexity index is 819. The van der Waals surface area contributed by atoms with Crippen LogP contribution in [-0.4, -0.2) is 53.7 Å². The first kappa shape index (κ1) is 18.7. The Morgan fingerprint density at radius 1 is 1.25 bits per heavy atom. The number of carbonyl (C=O) groups is 1. The number of pyridine rings is 1. The van der Waals surface area contributed by atoms with Crippen LogP contribution in [0.15, 0.2) is 42.6 Å². The second-order valence-corrected chi connectivity index (χ2v) is 7.47. The molecule has 3 heterocycles. The number of hydrogen-bond acceptors (Lipinski definition) is 6. The van der Waals surface area contributed by atoms with Gasteiger partial charge in [0.05, 0.1) is 13.3 Å². The zero-order valence-corrected chi connectivity index (χ0v) is 16.0. The van der Waals surface area contributed by atoms with Crippen molar-refractivity contribution in [2.75, 3.05) is 26.7 Å². The van der Waals surface area contributed by atoms with Gasteiger partial charge in [0.1, 0.15) is 17.2 Å². The quantitative estimate of drug-likeness (QED) is 0.749. The largest absolute Gasteiger partial charge is 0.506 e. The molecular formula is C21H26N4O3. The van der Waals surface area contributed by atoms with Crippen LogP contribution in [0, 0.1) is 5.92 Å². The van der Waals surface area contributed by atoms with Crippen molar-refractivity contribution in [1.82, 2.24) is 20.7 Å². The minimum Gasteiger partial charge on any atom is -0.506 e. The van der Waals surface area contributed by atoms with Crippen molar-refractivity contribution in [1.29, 1.82) is 0 Å². The first-order chi connectivity index (χ1) is 13.7. The van der Waals surface area contributed by atoms with E-state index >= 15 is 0 Å². The second-order valence-electron chi connectivity index (χ2n) is 7.47. The molecule has 28 heavy (non-hydrogen) atoms. The number of ether oxygens (including phenoxy) is 1. The number of rotatable bonds is 4. The number of aromatic nitrogens is 1. The Labute approximate surface area is 164 Å². The van der Waals surface area contributed by atoms with Gasteiger partial charge in [-0.25, -0.2) is 4.98 Å². The molecule has 2 fully saturated rings. The molecule has 2 atom stereocenters. The SMILES string of the molecule is COc1cccc(C2CNNC2C2CCN(C(=O)c3ccc(O)cn3)CC2)c1. The number of carbonyl (C=O) groups excluding carboxylic acids is 1. The molecule has 1 amide bonds. The fourth-order valence-electron chi connectivity index (χ4n) is 4.29. The summed E-state index contributed by atoms with van der Waals surface area (Å²) in [6.45, 7) is 2.32. The lowest BCUT2D eigenvalue weighted by Crippen LogP contribution is -2.46. The molecule has 2 aliphatic heterocycles. The predicted octanol–water partition coefficient (Wildman–Crippen LogP) is 1.91. The van der Waals surface area contributed by atoms with Gasteiger partial charge in [0.25, 0.3) is 5.91 Å². The van der Waals surface area contributed by atoms with Crippen molar-refractivity contribution in [3.8, 4) is 11.5 Å². The summed E-state index contributed by atoms with van der Waals surface area (Å²) >= 11 is 0. The Morgan fingerprint density at radius 2 is 2.07 bits per heavy atom. The third-order valence-corrected chi connectivity index (χ3v) is 5.85. The third kappa shape index (κ3) is 3.81. The number of hydrogen-bond donors (Lipinski definition) is 3. The molecule has 7 nitrogen and oxygen atoms in total. The van der Waals surface area contributed by atoms with Gasteiger partial charge < -0.3 is 14.7 Å². The van der Waals surface area contributed by atoms with Crippen molar-refractivity contribution in [3.05, 3.63) is 53.9 Å². The van der Waals surface area contributed by atoms with E-state index in [1.54, 1.807) is 13.2 Å². The fraction of sp³-hybridized carbons (Fsp3) is 0.429. The first-order valence-electron chi connectivity index (χ1n) is 9.72. The average molecular weight is 382 g/mol. The van der Waals surface area contributed by atoms with E-state index in [-0.39, 0.29) is 11.7 Å². The summed E-state index contributed by atoms with van der Waals surface area (Å²) in [6.07, 6.45) is 3.21. The highest BCUT2D eigenvalue weighted by Gasteiger charge is 2.37. The van der Waals surface area contributed by atoms with Crippen LogP contribution in [0.2, 0.25) is 0 Å². The lowest BCUT2D eigenvalue weighted by Gasteiger charge is -2.36. The van der Waals surface area contributed by atoms with Crippen LogP contribution in [0.5, 0.6) is 11.5 Å². The van der Waals surface area contributed by atoms with Crippen molar-refractivity contribution < 1.29 is 14.6 Å². The normalized spacial score (nSPS) is 23.0. The molecule has 1 aromatic carbocycles. The molecule has 0 radical (unpaired) electrons. The molecule has 3 N–H and O–H groups in total. The van der Waals surface area contributed by atoms with Gasteiger partial charge >= 0.3 is 0 Å². The minimum atomic E-state index is -0.0692. The van der Waals surface area contributed by atoms with E-state index in [1.165, 1.54) is 17.8 Å². The number of aromatic hydroxyl groups is 1. The van der Waals surface area contributed by atoms with E-state index < -0.39 is 0 Å². The molecule has 2 saturated heterocycles. The first-order valence-corrected chi connectivity index (χ1v) is 9.72. The standard InChI is InChI=1S/C21H26N4O3/c1-28-17-4-2-3-15(11-17)18-13-23-24-20(18)14-7-9-25(10-8-14)21(27)19-6-5-16(26)12-22-19/h2-6,11-12,14,18,20,23-24,26H,7-10,13H2,1H3. The van der Waals surface area contributed by atoms with Gasteiger partial charge in [-0.2, -0.15) is 0 Å². The summed E-state index contributed by atoms with van der Waals surface area (Å²) in [6, 6.07) is 11.7. The van der Waals surface area contributed by atoms with Crippen LogP contribution in [0.1, 0.15) is 34.8 Å². The molecule has 4 rings (SSSR count). The summed E-state index contributed by atoms with van der Waals surface area (Å²) in [4.78, 5) is 18.5. The highest BCUT2D eigenvalue weighted by Crippen LogP contribution is 2.33. The number of amides is 1. The highest BCUT2D eigenvalue weighted by atomic mass is 16.5. The number of likely N-dealkylation sites (tertiary alicyclic amines) is 1. The zero-order valence-electron chi connectivity index (χ0n) is 16.0. The van der Waals surface area contributed by atoms with Crippen molar-refractivity contribution in [2.45, 2.75) is 24.8 Å². The smallest absolute Gasteiger partial charge is 0.272 e. The Balaban J connectivity index is 1.40. The Morgan fingerprint density at radius 3 is 2.79 bits per heavy atom. The molecule has 2 unspecified atom stereocenters. The minimum absolute atomic E-state index is 0.0682. The fourth-order valence-corrected chi connectivity index (χ4v) is 4.29. The van der Waals surface area contributed by atoms with E-state index in [2.05, 4.69) is 28.0 Å². The maximum atomic E-state index is 12.6. The van der Waals surface area contributed by atoms with Crippen LogP contribution in [0.4, 0.5) is 0 Å². The number of methoxy groups -OCH3 is 1. The number of nitrogens with one attached hydrogen (secondary N) is 2. The predicted molar refractivity (Wildman–Crippen MR) is 105 cm³/mol. The van der Waals surface area contributed by atoms with Crippen LogP contribution < -0.4 is 15.6 Å². The van der Waals surface area contributed by atoms with Crippen molar-refractivity contribution in [2.24, 2.45) is 5.92 Å². The number of benzene rings is 1. The maximum absolute atomic E-state index is 12.6. The van der Waals surface area contributed by atoms with E-state index in [4.69, 9.17) is 4.74 Å². The monoisotopic (exact) mass is 382 g/mol. The van der Waals surface area contributed by atoms with Crippen LogP contribution in [0.25, 0.3) is 0 Å². The van der Waals surface area contributed by atoms with Gasteiger partial charge in [-0.15, -0.1) is 0 Å². The molecule has 1 aromatic heterocycles.